The molecule has 2 aromatic carbocycles. The predicted molar refractivity (Wildman–Crippen MR) is 154 cm³/mol. The normalized spacial score (nSPS) is 15.8. The number of hydrogen-bond donors (Lipinski definition) is 3. The number of rotatable bonds is 9. The van der Waals surface area contributed by atoms with E-state index in [2.05, 4.69) is 84.7 Å². The van der Waals surface area contributed by atoms with Gasteiger partial charge < -0.3 is 20.1 Å². The van der Waals surface area contributed by atoms with Crippen molar-refractivity contribution in [1.29, 1.82) is 0 Å². The summed E-state index contributed by atoms with van der Waals surface area (Å²) in [5.74, 6) is 0.828. The molecule has 1 saturated heterocycles. The molecule has 38 heavy (non-hydrogen) atoms. The number of nitrogens with one attached hydrogen (secondary N) is 2. The van der Waals surface area contributed by atoms with E-state index in [0.29, 0.717) is 6.61 Å². The summed E-state index contributed by atoms with van der Waals surface area (Å²) >= 11 is 1.72. The molecule has 9 heteroatoms. The lowest BCUT2D eigenvalue weighted by atomic mass is 10.1. The largest absolute Gasteiger partial charge is 0.368 e. The molecular weight excluding hydrogens is 496 g/mol. The minimum absolute atomic E-state index is 0.573. The van der Waals surface area contributed by atoms with E-state index in [-0.39, 0.29) is 0 Å². The van der Waals surface area contributed by atoms with Crippen molar-refractivity contribution in [2.24, 2.45) is 0 Å². The molecule has 0 saturated carbocycles. The number of aliphatic hydroxyl groups is 1. The summed E-state index contributed by atoms with van der Waals surface area (Å²) in [5.41, 5.74) is 5.59. The highest BCUT2D eigenvalue weighted by atomic mass is 32.1. The topological polar surface area (TPSA) is 89.5 Å². The molecule has 4 heterocycles. The maximum Gasteiger partial charge on any atom is 0.151 e. The Kier molecular flexibility index (Phi) is 7.35. The van der Waals surface area contributed by atoms with Gasteiger partial charge >= 0.3 is 0 Å². The highest BCUT2D eigenvalue weighted by Crippen LogP contribution is 2.37. The molecule has 0 bridgehead atoms. The van der Waals surface area contributed by atoms with Gasteiger partial charge in [-0.05, 0) is 48.4 Å². The van der Waals surface area contributed by atoms with Crippen LogP contribution in [0.5, 0.6) is 0 Å². The summed E-state index contributed by atoms with van der Waals surface area (Å²) in [6, 6.07) is 19.4. The summed E-state index contributed by atoms with van der Waals surface area (Å²) in [7, 11) is 0. The zero-order chi connectivity index (χ0) is 25.9. The van der Waals surface area contributed by atoms with Crippen LogP contribution < -0.4 is 5.32 Å². The third-order valence-electron chi connectivity index (χ3n) is 7.00. The zero-order valence-electron chi connectivity index (χ0n) is 21.4. The fourth-order valence-corrected chi connectivity index (χ4v) is 5.97. The number of H-pyrrole nitrogens is 1. The first kappa shape index (κ1) is 25.0. The van der Waals surface area contributed by atoms with E-state index >= 15 is 0 Å². The number of thiophene rings is 1. The number of piperazine rings is 1. The van der Waals surface area contributed by atoms with E-state index in [1.807, 2.05) is 6.20 Å². The molecule has 1 aliphatic rings. The fraction of sp³-hybridized carbons (Fsp3) is 0.310. The van der Waals surface area contributed by atoms with Crippen LogP contribution in [0.25, 0.3) is 31.6 Å². The van der Waals surface area contributed by atoms with Crippen molar-refractivity contribution < 1.29 is 9.84 Å². The van der Waals surface area contributed by atoms with Gasteiger partial charge in [0.25, 0.3) is 0 Å². The third kappa shape index (κ3) is 5.72. The fourth-order valence-electron chi connectivity index (χ4n) is 4.91. The van der Waals surface area contributed by atoms with Gasteiger partial charge in [-0.2, -0.15) is 0 Å². The highest BCUT2D eigenvalue weighted by molar-refractivity contribution is 7.22. The monoisotopic (exact) mass is 528 g/mol. The molecule has 8 nitrogen and oxygen atoms in total. The number of aliphatic hydroxyl groups excluding tert-OH is 1. The Balaban J connectivity index is 1.10. The zero-order valence-corrected chi connectivity index (χ0v) is 22.2. The van der Waals surface area contributed by atoms with Gasteiger partial charge in [-0.1, -0.05) is 24.3 Å². The van der Waals surface area contributed by atoms with Gasteiger partial charge in [-0.15, -0.1) is 11.3 Å². The minimum atomic E-state index is -0.691. The summed E-state index contributed by atoms with van der Waals surface area (Å²) in [6.07, 6.45) is 2.88. The van der Waals surface area contributed by atoms with Crippen molar-refractivity contribution in [3.63, 3.8) is 0 Å². The van der Waals surface area contributed by atoms with Crippen molar-refractivity contribution in [2.75, 3.05) is 44.6 Å². The first-order chi connectivity index (χ1) is 18.6. The molecular formula is C29H32N6O2S. The number of ether oxygens (including phenoxy) is 1. The van der Waals surface area contributed by atoms with Crippen LogP contribution in [0.4, 0.5) is 11.5 Å². The lowest BCUT2D eigenvalue weighted by Gasteiger charge is -2.34. The van der Waals surface area contributed by atoms with E-state index in [1.165, 1.54) is 16.0 Å². The molecule has 0 radical (unpaired) electrons. The standard InChI is InChI=1S/C29H32N6O2S/c1-20(36)37-15-14-34-10-12-35(13-11-34)18-21-2-4-22(5-3-21)27-17-26-28(38-27)29(32-19-31-26)33-24-6-7-25-23(16-24)8-9-30-25/h2-9,16-17,19-20,30,36H,10-15,18H2,1H3,(H,31,32,33). The Morgan fingerprint density at radius 3 is 2.66 bits per heavy atom. The second-order valence-electron chi connectivity index (χ2n) is 9.74. The van der Waals surface area contributed by atoms with Crippen LogP contribution in [0, 0.1) is 0 Å². The molecule has 0 spiro atoms. The van der Waals surface area contributed by atoms with Crippen molar-refractivity contribution in [3.8, 4) is 10.4 Å². The van der Waals surface area contributed by atoms with Crippen molar-refractivity contribution in [2.45, 2.75) is 19.8 Å². The van der Waals surface area contributed by atoms with Crippen LogP contribution in [0.1, 0.15) is 12.5 Å². The first-order valence-corrected chi connectivity index (χ1v) is 13.8. The molecule has 3 N–H and O–H groups in total. The number of aromatic amines is 1. The third-order valence-corrected chi connectivity index (χ3v) is 8.18. The summed E-state index contributed by atoms with van der Waals surface area (Å²) in [6.45, 7) is 8.18. The van der Waals surface area contributed by atoms with Gasteiger partial charge in [-0.25, -0.2) is 9.97 Å². The smallest absolute Gasteiger partial charge is 0.151 e. The van der Waals surface area contributed by atoms with E-state index in [4.69, 9.17) is 4.74 Å². The molecule has 6 rings (SSSR count). The van der Waals surface area contributed by atoms with Crippen LogP contribution in [0.15, 0.2) is 67.1 Å². The Morgan fingerprint density at radius 2 is 1.84 bits per heavy atom. The average molecular weight is 529 g/mol. The number of fused-ring (bicyclic) bond motifs is 2. The van der Waals surface area contributed by atoms with Crippen LogP contribution in [-0.4, -0.2) is 75.5 Å². The second kappa shape index (κ2) is 11.2. The maximum absolute atomic E-state index is 9.25. The predicted octanol–water partition coefficient (Wildman–Crippen LogP) is 5.06. The average Bonchev–Trinajstić information content (AvgIpc) is 3.57. The SMILES string of the molecule is CC(O)OCCN1CCN(Cc2ccc(-c3cc4ncnc(Nc5ccc6[nH]ccc6c5)c4s3)cc2)CC1. The maximum atomic E-state index is 9.25. The van der Waals surface area contributed by atoms with Gasteiger partial charge in [0.05, 0.1) is 16.8 Å². The van der Waals surface area contributed by atoms with E-state index in [0.717, 1.165) is 71.9 Å². The van der Waals surface area contributed by atoms with Gasteiger partial charge in [0.15, 0.2) is 12.1 Å². The molecule has 1 unspecified atom stereocenters. The highest BCUT2D eigenvalue weighted by Gasteiger charge is 2.17. The van der Waals surface area contributed by atoms with Gasteiger partial charge in [0.1, 0.15) is 6.33 Å². The first-order valence-electron chi connectivity index (χ1n) is 13.0. The van der Waals surface area contributed by atoms with Crippen LogP contribution >= 0.6 is 11.3 Å². The van der Waals surface area contributed by atoms with Gasteiger partial charge in [0.2, 0.25) is 0 Å². The van der Waals surface area contributed by atoms with E-state index in [9.17, 15) is 5.11 Å². The molecule has 1 atom stereocenters. The van der Waals surface area contributed by atoms with Gasteiger partial charge in [-0.3, -0.25) is 9.80 Å². The molecule has 196 valence electrons. The lowest BCUT2D eigenvalue weighted by molar-refractivity contribution is -0.0907. The minimum Gasteiger partial charge on any atom is -0.368 e. The number of nitrogens with zero attached hydrogens (tertiary/aromatic N) is 4. The van der Waals surface area contributed by atoms with E-state index in [1.54, 1.807) is 24.6 Å². The number of benzene rings is 2. The summed E-state index contributed by atoms with van der Waals surface area (Å²) < 4.78 is 6.32. The molecule has 1 fully saturated rings. The summed E-state index contributed by atoms with van der Waals surface area (Å²) in [5, 5.41) is 13.9. The Labute approximate surface area is 225 Å². The van der Waals surface area contributed by atoms with Gasteiger partial charge in [0, 0.05) is 66.9 Å². The molecule has 0 aliphatic carbocycles. The molecule has 0 amide bonds. The molecule has 3 aromatic heterocycles. The van der Waals surface area contributed by atoms with Crippen molar-refractivity contribution >= 4 is 44.0 Å². The quantitative estimate of drug-likeness (QED) is 0.231. The van der Waals surface area contributed by atoms with Crippen LogP contribution in [0.3, 0.4) is 0 Å². The Bertz CT molecular complexity index is 1500. The number of anilines is 2. The molecule has 5 aromatic rings. The molecule has 1 aliphatic heterocycles. The van der Waals surface area contributed by atoms with Crippen LogP contribution in [0.2, 0.25) is 0 Å². The number of aromatic nitrogens is 3. The van der Waals surface area contributed by atoms with Crippen molar-refractivity contribution in [3.05, 3.63) is 72.7 Å². The summed E-state index contributed by atoms with van der Waals surface area (Å²) in [4.78, 5) is 18.4. The van der Waals surface area contributed by atoms with E-state index < -0.39 is 6.29 Å². The Hall–Kier alpha value is -3.34. The number of hydrogen-bond acceptors (Lipinski definition) is 8. The second-order valence-corrected chi connectivity index (χ2v) is 10.8. The van der Waals surface area contributed by atoms with Crippen LogP contribution in [-0.2, 0) is 11.3 Å². The lowest BCUT2D eigenvalue weighted by Crippen LogP contribution is -2.46. The Morgan fingerprint density at radius 1 is 1.03 bits per heavy atom. The van der Waals surface area contributed by atoms with Crippen molar-refractivity contribution in [1.82, 2.24) is 24.8 Å².